The van der Waals surface area contributed by atoms with Crippen molar-refractivity contribution in [2.24, 2.45) is 11.8 Å². The summed E-state index contributed by atoms with van der Waals surface area (Å²) in [6.45, 7) is 9.32. The molecular formula is C14H30N2O2. The molecule has 0 aromatic heterocycles. The van der Waals surface area contributed by atoms with Crippen molar-refractivity contribution in [3.8, 4) is 0 Å². The molecule has 1 aliphatic heterocycles. The molecule has 3 N–H and O–H groups in total. The number of likely N-dealkylation sites (tertiary alicyclic amines) is 1. The van der Waals surface area contributed by atoms with Gasteiger partial charge in [-0.15, -0.1) is 0 Å². The zero-order valence-corrected chi connectivity index (χ0v) is 11.9. The van der Waals surface area contributed by atoms with Crippen LogP contribution in [0.1, 0.15) is 33.1 Å². The Balaban J connectivity index is 2.40. The third-order valence-electron chi connectivity index (χ3n) is 3.54. The minimum atomic E-state index is 0.259. The summed E-state index contributed by atoms with van der Waals surface area (Å²) in [7, 11) is 0. The molecule has 0 aromatic carbocycles. The van der Waals surface area contributed by atoms with Gasteiger partial charge in [0.2, 0.25) is 0 Å². The van der Waals surface area contributed by atoms with Crippen LogP contribution in [0.5, 0.6) is 0 Å². The van der Waals surface area contributed by atoms with Gasteiger partial charge in [-0.25, -0.2) is 0 Å². The number of nitrogens with zero attached hydrogens (tertiary/aromatic N) is 1. The van der Waals surface area contributed by atoms with Crippen molar-refractivity contribution >= 4 is 0 Å². The van der Waals surface area contributed by atoms with E-state index in [9.17, 15) is 0 Å². The Kier molecular flexibility index (Phi) is 7.82. The Morgan fingerprint density at radius 2 is 2.00 bits per heavy atom. The lowest BCUT2D eigenvalue weighted by atomic mass is 9.91. The molecule has 0 bridgehead atoms. The first kappa shape index (κ1) is 15.9. The Labute approximate surface area is 111 Å². The smallest absolute Gasteiger partial charge is 0.0443 e. The zero-order valence-electron chi connectivity index (χ0n) is 11.9. The minimum absolute atomic E-state index is 0.259. The van der Waals surface area contributed by atoms with Crippen LogP contribution >= 0.6 is 0 Å². The average molecular weight is 258 g/mol. The van der Waals surface area contributed by atoms with E-state index in [1.165, 1.54) is 0 Å². The lowest BCUT2D eigenvalue weighted by molar-refractivity contribution is 0.110. The fourth-order valence-corrected chi connectivity index (χ4v) is 2.89. The van der Waals surface area contributed by atoms with Crippen LogP contribution in [0.2, 0.25) is 0 Å². The van der Waals surface area contributed by atoms with Crippen molar-refractivity contribution in [1.82, 2.24) is 10.2 Å². The van der Waals surface area contributed by atoms with Crippen molar-refractivity contribution < 1.29 is 10.2 Å². The largest absolute Gasteiger partial charge is 0.396 e. The van der Waals surface area contributed by atoms with Gasteiger partial charge in [0, 0.05) is 38.9 Å². The highest BCUT2D eigenvalue weighted by molar-refractivity contribution is 4.83. The van der Waals surface area contributed by atoms with Crippen molar-refractivity contribution in [3.05, 3.63) is 0 Å². The van der Waals surface area contributed by atoms with E-state index in [1.807, 2.05) is 0 Å². The van der Waals surface area contributed by atoms with Gasteiger partial charge in [-0.1, -0.05) is 13.8 Å². The number of rotatable bonds is 8. The molecule has 2 unspecified atom stereocenters. The Morgan fingerprint density at radius 1 is 1.22 bits per heavy atom. The van der Waals surface area contributed by atoms with Gasteiger partial charge in [0.15, 0.2) is 0 Å². The minimum Gasteiger partial charge on any atom is -0.396 e. The second-order valence-electron chi connectivity index (χ2n) is 5.95. The number of hydrogen-bond donors (Lipinski definition) is 3. The van der Waals surface area contributed by atoms with Crippen LogP contribution in [-0.2, 0) is 0 Å². The van der Waals surface area contributed by atoms with E-state index in [4.69, 9.17) is 10.2 Å². The maximum atomic E-state index is 9.12. The molecule has 1 fully saturated rings. The topological polar surface area (TPSA) is 55.7 Å². The summed E-state index contributed by atoms with van der Waals surface area (Å²) in [5, 5.41) is 21.5. The Bertz CT molecular complexity index is 212. The van der Waals surface area contributed by atoms with Gasteiger partial charge in [0.25, 0.3) is 0 Å². The number of hydrogen-bond acceptors (Lipinski definition) is 4. The van der Waals surface area contributed by atoms with Gasteiger partial charge in [-0.2, -0.15) is 0 Å². The molecule has 1 rings (SSSR count). The van der Waals surface area contributed by atoms with Gasteiger partial charge in [-0.05, 0) is 37.6 Å². The molecule has 0 spiro atoms. The summed E-state index contributed by atoms with van der Waals surface area (Å²) in [5.74, 6) is 1.30. The van der Waals surface area contributed by atoms with Gasteiger partial charge in [-0.3, -0.25) is 0 Å². The normalized spacial score (nSPS) is 25.8. The first-order valence-electron chi connectivity index (χ1n) is 7.33. The van der Waals surface area contributed by atoms with E-state index in [0.29, 0.717) is 24.5 Å². The molecule has 18 heavy (non-hydrogen) atoms. The highest BCUT2D eigenvalue weighted by atomic mass is 16.3. The Morgan fingerprint density at radius 3 is 2.61 bits per heavy atom. The molecule has 0 radical (unpaired) electrons. The molecular weight excluding hydrogens is 228 g/mol. The van der Waals surface area contributed by atoms with Crippen LogP contribution < -0.4 is 5.32 Å². The number of aliphatic hydroxyl groups is 2. The molecule has 0 saturated carbocycles. The van der Waals surface area contributed by atoms with Crippen LogP contribution in [0.25, 0.3) is 0 Å². The summed E-state index contributed by atoms with van der Waals surface area (Å²) < 4.78 is 0. The quantitative estimate of drug-likeness (QED) is 0.561. The van der Waals surface area contributed by atoms with Crippen molar-refractivity contribution in [2.45, 2.75) is 39.2 Å². The van der Waals surface area contributed by atoms with E-state index < -0.39 is 0 Å². The van der Waals surface area contributed by atoms with E-state index in [0.717, 1.165) is 45.4 Å². The number of aliphatic hydroxyl groups excluding tert-OH is 2. The SMILES string of the molecule is CC(C)CN1CC(CCO)CC(NCCCO)C1. The Hall–Kier alpha value is -0.160. The summed E-state index contributed by atoms with van der Waals surface area (Å²) >= 11 is 0. The predicted octanol–water partition coefficient (Wildman–Crippen LogP) is 0.687. The first-order valence-corrected chi connectivity index (χ1v) is 7.33. The first-order chi connectivity index (χ1) is 8.65. The van der Waals surface area contributed by atoms with Crippen LogP contribution in [0.4, 0.5) is 0 Å². The summed E-state index contributed by atoms with van der Waals surface area (Å²) in [6, 6.07) is 0.514. The lowest BCUT2D eigenvalue weighted by Crippen LogP contribution is -2.50. The fourth-order valence-electron chi connectivity index (χ4n) is 2.89. The van der Waals surface area contributed by atoms with Crippen molar-refractivity contribution in [1.29, 1.82) is 0 Å². The molecule has 108 valence electrons. The highest BCUT2D eigenvalue weighted by Gasteiger charge is 2.26. The van der Waals surface area contributed by atoms with Crippen LogP contribution in [0.15, 0.2) is 0 Å². The molecule has 0 amide bonds. The molecule has 0 aromatic rings. The second-order valence-corrected chi connectivity index (χ2v) is 5.95. The third kappa shape index (κ3) is 6.14. The number of piperidine rings is 1. The molecule has 1 aliphatic rings. The average Bonchev–Trinajstić information content (AvgIpc) is 2.28. The van der Waals surface area contributed by atoms with Gasteiger partial charge >= 0.3 is 0 Å². The van der Waals surface area contributed by atoms with Crippen LogP contribution in [0, 0.1) is 11.8 Å². The van der Waals surface area contributed by atoms with Gasteiger partial charge in [0.05, 0.1) is 0 Å². The molecule has 1 saturated heterocycles. The van der Waals surface area contributed by atoms with Crippen molar-refractivity contribution in [3.63, 3.8) is 0 Å². The van der Waals surface area contributed by atoms with Gasteiger partial charge < -0.3 is 20.4 Å². The third-order valence-corrected chi connectivity index (χ3v) is 3.54. The lowest BCUT2D eigenvalue weighted by Gasteiger charge is -2.39. The maximum Gasteiger partial charge on any atom is 0.0443 e. The van der Waals surface area contributed by atoms with Crippen LogP contribution in [-0.4, -0.2) is 60.5 Å². The molecule has 4 nitrogen and oxygen atoms in total. The highest BCUT2D eigenvalue weighted by Crippen LogP contribution is 2.20. The maximum absolute atomic E-state index is 9.12. The molecule has 2 atom stereocenters. The van der Waals surface area contributed by atoms with Crippen LogP contribution in [0.3, 0.4) is 0 Å². The monoisotopic (exact) mass is 258 g/mol. The molecule has 4 heteroatoms. The van der Waals surface area contributed by atoms with E-state index >= 15 is 0 Å². The fraction of sp³-hybridized carbons (Fsp3) is 1.00. The summed E-state index contributed by atoms with van der Waals surface area (Å²) in [6.07, 6.45) is 2.89. The predicted molar refractivity (Wildman–Crippen MR) is 74.6 cm³/mol. The van der Waals surface area contributed by atoms with Gasteiger partial charge in [0.1, 0.15) is 0 Å². The second kappa shape index (κ2) is 8.86. The molecule has 1 heterocycles. The summed E-state index contributed by atoms with van der Waals surface area (Å²) in [5.41, 5.74) is 0. The number of nitrogens with one attached hydrogen (secondary N) is 1. The van der Waals surface area contributed by atoms with E-state index in [1.54, 1.807) is 0 Å². The van der Waals surface area contributed by atoms with E-state index in [2.05, 4.69) is 24.1 Å². The van der Waals surface area contributed by atoms with Crippen molar-refractivity contribution in [2.75, 3.05) is 39.4 Å². The molecule has 0 aliphatic carbocycles. The standard InChI is InChI=1S/C14H30N2O2/c1-12(2)9-16-10-13(4-7-18)8-14(11-16)15-5-3-6-17/h12-15,17-18H,3-11H2,1-2H3. The summed E-state index contributed by atoms with van der Waals surface area (Å²) in [4.78, 5) is 2.52. The zero-order chi connectivity index (χ0) is 13.4. The van der Waals surface area contributed by atoms with E-state index in [-0.39, 0.29) is 6.61 Å².